The molecule has 2 nitrogen and oxygen atoms in total. The molecule has 0 N–H and O–H groups in total. The van der Waals surface area contributed by atoms with Crippen LogP contribution in [0.3, 0.4) is 0 Å². The molecule has 5 aromatic carbocycles. The normalized spacial score (nSPS) is 11.8. The molecule has 0 amide bonds. The summed E-state index contributed by atoms with van der Waals surface area (Å²) in [6, 6.07) is 27.8. The number of nitrogens with zero attached hydrogens (tertiary/aromatic N) is 1. The van der Waals surface area contributed by atoms with E-state index in [0.29, 0.717) is 5.89 Å². The van der Waals surface area contributed by atoms with Crippen LogP contribution in [0.4, 0.5) is 0 Å². The van der Waals surface area contributed by atoms with Crippen LogP contribution in [0.5, 0.6) is 0 Å². The van der Waals surface area contributed by atoms with E-state index in [0.717, 1.165) is 32.8 Å². The average Bonchev–Trinajstić information content (AvgIpc) is 3.19. The molecule has 0 fully saturated rings. The second-order valence-corrected chi connectivity index (χ2v) is 7.82. The second-order valence-electron chi connectivity index (χ2n) is 7.82. The summed E-state index contributed by atoms with van der Waals surface area (Å²) < 4.78 is 6.47. The van der Waals surface area contributed by atoms with Crippen molar-refractivity contribution in [2.45, 2.75) is 13.8 Å². The lowest BCUT2D eigenvalue weighted by Crippen LogP contribution is -1.84. The molecule has 2 heteroatoms. The zero-order valence-electron chi connectivity index (χ0n) is 16.4. The topological polar surface area (TPSA) is 26.0 Å². The van der Waals surface area contributed by atoms with E-state index in [9.17, 15) is 0 Å². The van der Waals surface area contributed by atoms with E-state index in [1.54, 1.807) is 0 Å². The maximum Gasteiger partial charge on any atom is 0.227 e. The van der Waals surface area contributed by atoms with Crippen LogP contribution in [0.2, 0.25) is 0 Å². The first kappa shape index (κ1) is 16.3. The lowest BCUT2D eigenvalue weighted by molar-refractivity contribution is 0.624. The van der Waals surface area contributed by atoms with Gasteiger partial charge < -0.3 is 4.42 Å². The Morgan fingerprint density at radius 3 is 2.14 bits per heavy atom. The third-order valence-corrected chi connectivity index (χ3v) is 5.79. The molecular formula is C27H19NO. The monoisotopic (exact) mass is 373 g/mol. The smallest absolute Gasteiger partial charge is 0.227 e. The second kappa shape index (κ2) is 5.92. The van der Waals surface area contributed by atoms with Crippen LogP contribution >= 0.6 is 0 Å². The van der Waals surface area contributed by atoms with Crippen molar-refractivity contribution >= 4 is 43.4 Å². The van der Waals surface area contributed by atoms with E-state index < -0.39 is 0 Å². The Morgan fingerprint density at radius 1 is 0.621 bits per heavy atom. The van der Waals surface area contributed by atoms with Crippen molar-refractivity contribution < 1.29 is 4.42 Å². The number of rotatable bonds is 1. The van der Waals surface area contributed by atoms with Crippen LogP contribution in [-0.2, 0) is 0 Å². The molecule has 0 saturated heterocycles. The number of fused-ring (bicyclic) bond motifs is 7. The average molecular weight is 373 g/mol. The van der Waals surface area contributed by atoms with Crippen molar-refractivity contribution in [1.82, 2.24) is 4.98 Å². The number of hydrogen-bond acceptors (Lipinski definition) is 2. The van der Waals surface area contributed by atoms with Gasteiger partial charge >= 0.3 is 0 Å². The van der Waals surface area contributed by atoms with E-state index in [2.05, 4.69) is 92.7 Å². The standard InChI is InChI=1S/C27H19NO/c1-16-10-12-20-21-13-11-17(2)15-24(21)26-25(23(20)14-16)28-27(29-26)22-9-5-7-18-6-3-4-8-19(18)22/h3-15H,1-2H3. The van der Waals surface area contributed by atoms with Crippen LogP contribution in [0.25, 0.3) is 54.9 Å². The summed E-state index contributed by atoms with van der Waals surface area (Å²) in [5.74, 6) is 0.675. The number of aromatic nitrogens is 1. The first-order chi connectivity index (χ1) is 14.2. The fraction of sp³-hybridized carbons (Fsp3) is 0.0741. The molecule has 0 aliphatic heterocycles. The fourth-order valence-electron chi connectivity index (χ4n) is 4.38. The Balaban J connectivity index is 1.79. The minimum absolute atomic E-state index is 0.675. The largest absolute Gasteiger partial charge is 0.435 e. The highest BCUT2D eigenvalue weighted by atomic mass is 16.3. The SMILES string of the molecule is Cc1ccc2c3ccc(C)cc3c3oc(-c4cccc5ccccc45)nc3c2c1. The van der Waals surface area contributed by atoms with Gasteiger partial charge in [0.1, 0.15) is 5.52 Å². The Morgan fingerprint density at radius 2 is 1.31 bits per heavy atom. The van der Waals surface area contributed by atoms with Crippen molar-refractivity contribution in [3.8, 4) is 11.5 Å². The van der Waals surface area contributed by atoms with E-state index in [4.69, 9.17) is 9.40 Å². The third-order valence-electron chi connectivity index (χ3n) is 5.79. The fourth-order valence-corrected chi connectivity index (χ4v) is 4.38. The van der Waals surface area contributed by atoms with Gasteiger partial charge in [0.25, 0.3) is 0 Å². The maximum atomic E-state index is 6.47. The van der Waals surface area contributed by atoms with Crippen molar-refractivity contribution in [1.29, 1.82) is 0 Å². The van der Waals surface area contributed by atoms with Gasteiger partial charge in [0.2, 0.25) is 5.89 Å². The molecule has 29 heavy (non-hydrogen) atoms. The quantitative estimate of drug-likeness (QED) is 0.278. The minimum atomic E-state index is 0.675. The molecule has 0 radical (unpaired) electrons. The number of aryl methyl sites for hydroxylation is 2. The Bertz CT molecular complexity index is 1490. The predicted molar refractivity (Wildman–Crippen MR) is 121 cm³/mol. The summed E-state index contributed by atoms with van der Waals surface area (Å²) in [5.41, 5.74) is 5.27. The molecule has 138 valence electrons. The molecule has 0 bridgehead atoms. The summed E-state index contributed by atoms with van der Waals surface area (Å²) in [4.78, 5) is 5.02. The van der Waals surface area contributed by atoms with Gasteiger partial charge in [0, 0.05) is 16.3 Å². The highest BCUT2D eigenvalue weighted by molar-refractivity contribution is 6.23. The molecule has 0 aliphatic carbocycles. The van der Waals surface area contributed by atoms with Crippen LogP contribution in [0, 0.1) is 13.8 Å². The summed E-state index contributed by atoms with van der Waals surface area (Å²) in [6.07, 6.45) is 0. The molecule has 0 spiro atoms. The lowest BCUT2D eigenvalue weighted by Gasteiger charge is -2.07. The Kier molecular flexibility index (Phi) is 3.33. The molecule has 0 saturated carbocycles. The minimum Gasteiger partial charge on any atom is -0.435 e. The molecule has 0 atom stereocenters. The van der Waals surface area contributed by atoms with Crippen LogP contribution in [0.1, 0.15) is 11.1 Å². The molecule has 0 aliphatic rings. The van der Waals surface area contributed by atoms with Crippen molar-refractivity contribution in [2.24, 2.45) is 0 Å². The molecule has 6 aromatic rings. The van der Waals surface area contributed by atoms with Crippen molar-refractivity contribution in [3.05, 3.63) is 90.0 Å². The predicted octanol–water partition coefficient (Wildman–Crippen LogP) is 7.57. The highest BCUT2D eigenvalue weighted by Gasteiger charge is 2.17. The lowest BCUT2D eigenvalue weighted by atomic mass is 9.98. The van der Waals surface area contributed by atoms with Gasteiger partial charge in [-0.25, -0.2) is 4.98 Å². The van der Waals surface area contributed by atoms with Gasteiger partial charge in [0.05, 0.1) is 0 Å². The van der Waals surface area contributed by atoms with Crippen LogP contribution in [-0.4, -0.2) is 4.98 Å². The first-order valence-electron chi connectivity index (χ1n) is 9.90. The van der Waals surface area contributed by atoms with E-state index in [-0.39, 0.29) is 0 Å². The summed E-state index contributed by atoms with van der Waals surface area (Å²) >= 11 is 0. The summed E-state index contributed by atoms with van der Waals surface area (Å²) in [7, 11) is 0. The first-order valence-corrected chi connectivity index (χ1v) is 9.90. The number of benzene rings is 5. The number of oxazole rings is 1. The van der Waals surface area contributed by atoms with Crippen molar-refractivity contribution in [3.63, 3.8) is 0 Å². The van der Waals surface area contributed by atoms with Crippen LogP contribution in [0.15, 0.2) is 83.3 Å². The van der Waals surface area contributed by atoms with Gasteiger partial charge in [0.15, 0.2) is 5.58 Å². The molecule has 1 aromatic heterocycles. The van der Waals surface area contributed by atoms with E-state index in [1.807, 2.05) is 0 Å². The van der Waals surface area contributed by atoms with Gasteiger partial charge in [-0.2, -0.15) is 0 Å². The molecule has 0 unspecified atom stereocenters. The third kappa shape index (κ3) is 2.39. The van der Waals surface area contributed by atoms with E-state index in [1.165, 1.54) is 27.3 Å². The van der Waals surface area contributed by atoms with Crippen LogP contribution < -0.4 is 0 Å². The summed E-state index contributed by atoms with van der Waals surface area (Å²) in [6.45, 7) is 4.24. The molecule has 1 heterocycles. The Hall–Kier alpha value is -3.65. The number of hydrogen-bond donors (Lipinski definition) is 0. The zero-order valence-corrected chi connectivity index (χ0v) is 16.4. The van der Waals surface area contributed by atoms with Crippen molar-refractivity contribution in [2.75, 3.05) is 0 Å². The van der Waals surface area contributed by atoms with Gasteiger partial charge in [-0.15, -0.1) is 0 Å². The zero-order chi connectivity index (χ0) is 19.5. The van der Waals surface area contributed by atoms with Gasteiger partial charge in [-0.1, -0.05) is 71.8 Å². The molecule has 6 rings (SSSR count). The van der Waals surface area contributed by atoms with Gasteiger partial charge in [-0.3, -0.25) is 0 Å². The Labute approximate surface area is 168 Å². The van der Waals surface area contributed by atoms with Gasteiger partial charge in [-0.05, 0) is 53.6 Å². The highest BCUT2D eigenvalue weighted by Crippen LogP contribution is 2.39. The molecular weight excluding hydrogens is 354 g/mol. The van der Waals surface area contributed by atoms with E-state index >= 15 is 0 Å². The maximum absolute atomic E-state index is 6.47. The summed E-state index contributed by atoms with van der Waals surface area (Å²) in [5, 5.41) is 7.03.